The molecule has 2 heterocycles. The van der Waals surface area contributed by atoms with Crippen molar-refractivity contribution in [3.63, 3.8) is 0 Å². The predicted molar refractivity (Wildman–Crippen MR) is 138 cm³/mol. The summed E-state index contributed by atoms with van der Waals surface area (Å²) in [5.74, 6) is -0.628. The van der Waals surface area contributed by atoms with Gasteiger partial charge in [0.1, 0.15) is 10.6 Å². The van der Waals surface area contributed by atoms with E-state index in [9.17, 15) is 9.59 Å². The lowest BCUT2D eigenvalue weighted by Crippen LogP contribution is -2.48. The predicted octanol–water partition coefficient (Wildman–Crippen LogP) is 5.26. The highest BCUT2D eigenvalue weighted by Crippen LogP contribution is 2.36. The van der Waals surface area contributed by atoms with Crippen molar-refractivity contribution >= 4 is 51.4 Å². The van der Waals surface area contributed by atoms with Crippen molar-refractivity contribution < 1.29 is 14.3 Å². The van der Waals surface area contributed by atoms with Crippen molar-refractivity contribution in [1.29, 1.82) is 0 Å². The lowest BCUT2D eigenvalue weighted by molar-refractivity contribution is -0.117. The summed E-state index contributed by atoms with van der Waals surface area (Å²) in [7, 11) is 1.34. The standard InChI is InChI=1S/C25H25Cl2N3O3S/c1-33-25(32)23-19(17-6-3-2-4-7-17)16-34-24(23)28-22(31)15-30-12-10-29(11-13-30)14-18-20(26)8-5-9-21(18)27/h2-9,16H,10-15H2,1H3,(H,28,31). The summed E-state index contributed by atoms with van der Waals surface area (Å²) < 4.78 is 4.99. The number of hydrogen-bond acceptors (Lipinski definition) is 6. The van der Waals surface area contributed by atoms with Crippen LogP contribution in [-0.4, -0.2) is 61.5 Å². The Bertz CT molecular complexity index is 1140. The molecule has 6 nitrogen and oxygen atoms in total. The monoisotopic (exact) mass is 517 g/mol. The number of nitrogens with one attached hydrogen (secondary N) is 1. The molecule has 1 aliphatic heterocycles. The summed E-state index contributed by atoms with van der Waals surface area (Å²) in [6.45, 7) is 4.04. The smallest absolute Gasteiger partial charge is 0.341 e. The van der Waals surface area contributed by atoms with Crippen LogP contribution in [0.2, 0.25) is 10.0 Å². The van der Waals surface area contributed by atoms with Crippen molar-refractivity contribution in [2.24, 2.45) is 0 Å². The Morgan fingerprint density at radius 2 is 1.62 bits per heavy atom. The number of methoxy groups -OCH3 is 1. The summed E-state index contributed by atoms with van der Waals surface area (Å²) in [6, 6.07) is 15.1. The SMILES string of the molecule is COC(=O)c1c(-c2ccccc2)csc1NC(=O)CN1CCN(Cc2c(Cl)cccc2Cl)CC1. The Morgan fingerprint density at radius 1 is 0.971 bits per heavy atom. The molecule has 1 aliphatic rings. The minimum absolute atomic E-state index is 0.158. The van der Waals surface area contributed by atoms with Crippen LogP contribution in [0.4, 0.5) is 5.00 Å². The van der Waals surface area contributed by atoms with Crippen LogP contribution in [0.25, 0.3) is 11.1 Å². The van der Waals surface area contributed by atoms with Crippen molar-refractivity contribution in [3.05, 3.63) is 75.1 Å². The van der Waals surface area contributed by atoms with Gasteiger partial charge in [0.2, 0.25) is 5.91 Å². The van der Waals surface area contributed by atoms with Crippen LogP contribution in [0, 0.1) is 0 Å². The van der Waals surface area contributed by atoms with E-state index in [1.54, 1.807) is 0 Å². The van der Waals surface area contributed by atoms with Crippen molar-refractivity contribution in [2.45, 2.75) is 6.54 Å². The lowest BCUT2D eigenvalue weighted by Gasteiger charge is -2.34. The summed E-state index contributed by atoms with van der Waals surface area (Å²) in [6.07, 6.45) is 0. The molecular weight excluding hydrogens is 493 g/mol. The number of amides is 1. The highest BCUT2D eigenvalue weighted by Gasteiger charge is 2.24. The minimum atomic E-state index is -0.470. The Kier molecular flexibility index (Phi) is 8.24. The molecule has 0 unspecified atom stereocenters. The Morgan fingerprint density at radius 3 is 2.26 bits per heavy atom. The second-order valence-electron chi connectivity index (χ2n) is 8.01. The van der Waals surface area contributed by atoms with Crippen molar-refractivity contribution in [3.8, 4) is 11.1 Å². The third kappa shape index (κ3) is 5.79. The van der Waals surface area contributed by atoms with Gasteiger partial charge in [-0.25, -0.2) is 4.79 Å². The van der Waals surface area contributed by atoms with Crippen molar-refractivity contribution in [1.82, 2.24) is 9.80 Å². The summed E-state index contributed by atoms with van der Waals surface area (Å²) in [5, 5.41) is 6.63. The van der Waals surface area contributed by atoms with Crippen LogP contribution < -0.4 is 5.32 Å². The van der Waals surface area contributed by atoms with Crippen LogP contribution in [0.1, 0.15) is 15.9 Å². The molecule has 178 valence electrons. The van der Waals surface area contributed by atoms with E-state index in [4.69, 9.17) is 27.9 Å². The van der Waals surface area contributed by atoms with Gasteiger partial charge in [-0.2, -0.15) is 0 Å². The highest BCUT2D eigenvalue weighted by atomic mass is 35.5. The molecule has 0 aliphatic carbocycles. The first-order valence-corrected chi connectivity index (χ1v) is 12.5. The zero-order valence-corrected chi connectivity index (χ0v) is 21.1. The second-order valence-corrected chi connectivity index (χ2v) is 9.71. The molecule has 1 aromatic heterocycles. The van der Waals surface area contributed by atoms with Gasteiger partial charge in [0.05, 0.1) is 13.7 Å². The van der Waals surface area contributed by atoms with E-state index >= 15 is 0 Å². The van der Waals surface area contributed by atoms with Gasteiger partial charge in [-0.1, -0.05) is 59.6 Å². The number of carbonyl (C=O) groups is 2. The molecule has 9 heteroatoms. The molecule has 0 saturated carbocycles. The fourth-order valence-corrected chi connectivity index (χ4v) is 5.46. The zero-order chi connectivity index (χ0) is 24.1. The van der Waals surface area contributed by atoms with Crippen LogP contribution >= 0.6 is 34.5 Å². The van der Waals surface area contributed by atoms with E-state index in [1.165, 1.54) is 18.4 Å². The average molecular weight is 518 g/mol. The van der Waals surface area contributed by atoms with Gasteiger partial charge in [-0.15, -0.1) is 11.3 Å². The van der Waals surface area contributed by atoms with E-state index in [0.717, 1.165) is 42.9 Å². The van der Waals surface area contributed by atoms with Gasteiger partial charge in [0.15, 0.2) is 0 Å². The number of anilines is 1. The topological polar surface area (TPSA) is 61.9 Å². The zero-order valence-electron chi connectivity index (χ0n) is 18.7. The number of rotatable bonds is 7. The fraction of sp³-hybridized carbons (Fsp3) is 0.280. The van der Waals surface area contributed by atoms with Crippen LogP contribution in [0.5, 0.6) is 0 Å². The van der Waals surface area contributed by atoms with Gasteiger partial charge >= 0.3 is 5.97 Å². The number of nitrogens with zero attached hydrogens (tertiary/aromatic N) is 2. The van der Waals surface area contributed by atoms with Crippen LogP contribution in [-0.2, 0) is 16.1 Å². The molecule has 1 N–H and O–H groups in total. The van der Waals surface area contributed by atoms with Gasteiger partial charge in [0, 0.05) is 59.3 Å². The Hall–Kier alpha value is -2.42. The molecule has 0 atom stereocenters. The minimum Gasteiger partial charge on any atom is -0.465 e. The molecular formula is C25H25Cl2N3O3S. The van der Waals surface area contributed by atoms with Crippen molar-refractivity contribution in [2.75, 3.05) is 45.2 Å². The van der Waals surface area contributed by atoms with E-state index < -0.39 is 5.97 Å². The maximum absolute atomic E-state index is 12.8. The molecule has 0 radical (unpaired) electrons. The molecule has 3 aromatic rings. The molecule has 1 fully saturated rings. The molecule has 0 bridgehead atoms. The largest absolute Gasteiger partial charge is 0.465 e. The molecule has 4 rings (SSSR count). The molecule has 2 aromatic carbocycles. The fourth-order valence-electron chi connectivity index (χ4n) is 3.97. The van der Waals surface area contributed by atoms with Gasteiger partial charge < -0.3 is 10.1 Å². The maximum atomic E-state index is 12.8. The quantitative estimate of drug-likeness (QED) is 0.432. The molecule has 0 spiro atoms. The van der Waals surface area contributed by atoms with E-state index in [-0.39, 0.29) is 12.5 Å². The summed E-state index contributed by atoms with van der Waals surface area (Å²) in [4.78, 5) is 29.7. The maximum Gasteiger partial charge on any atom is 0.341 e. The normalized spacial score (nSPS) is 14.7. The first-order valence-electron chi connectivity index (χ1n) is 10.9. The van der Waals surface area contributed by atoms with Crippen LogP contribution in [0.3, 0.4) is 0 Å². The van der Waals surface area contributed by atoms with E-state index in [2.05, 4.69) is 15.1 Å². The third-order valence-corrected chi connectivity index (χ3v) is 7.40. The number of piperazine rings is 1. The number of thiophene rings is 1. The number of halogens is 2. The van der Waals surface area contributed by atoms with Crippen LogP contribution in [0.15, 0.2) is 53.9 Å². The number of esters is 1. The van der Waals surface area contributed by atoms with Gasteiger partial charge in [-0.05, 0) is 17.7 Å². The Labute approximate surface area is 213 Å². The first-order chi connectivity index (χ1) is 16.5. The summed E-state index contributed by atoms with van der Waals surface area (Å²) >= 11 is 13.9. The molecule has 1 saturated heterocycles. The number of carbonyl (C=O) groups excluding carboxylic acids is 2. The van der Waals surface area contributed by atoms with E-state index in [0.29, 0.717) is 27.2 Å². The first kappa shape index (κ1) is 24.7. The highest BCUT2D eigenvalue weighted by molar-refractivity contribution is 7.15. The molecule has 1 amide bonds. The lowest BCUT2D eigenvalue weighted by atomic mass is 10.0. The average Bonchev–Trinajstić information content (AvgIpc) is 3.26. The third-order valence-electron chi connectivity index (χ3n) is 5.79. The number of hydrogen-bond donors (Lipinski definition) is 1. The second kappa shape index (κ2) is 11.3. The number of benzene rings is 2. The Balaban J connectivity index is 1.36. The number of ether oxygens (including phenoxy) is 1. The summed E-state index contributed by atoms with van der Waals surface area (Å²) in [5.41, 5.74) is 2.96. The van der Waals surface area contributed by atoms with Gasteiger partial charge in [-0.3, -0.25) is 14.6 Å². The van der Waals surface area contributed by atoms with E-state index in [1.807, 2.05) is 53.9 Å². The molecule has 34 heavy (non-hydrogen) atoms. The van der Waals surface area contributed by atoms with Gasteiger partial charge in [0.25, 0.3) is 0 Å².